The average Bonchev–Trinajstić information content (AvgIpc) is 3.48. The molecule has 0 aliphatic carbocycles. The van der Waals surface area contributed by atoms with Gasteiger partial charge in [0.1, 0.15) is 12.9 Å². The molecule has 0 radical (unpaired) electrons. The molecule has 5 rings (SSSR count). The van der Waals surface area contributed by atoms with Crippen molar-refractivity contribution in [1.82, 2.24) is 35.0 Å². The molecule has 1 atom stereocenters. The van der Waals surface area contributed by atoms with E-state index in [0.29, 0.717) is 17.9 Å². The molecule has 1 unspecified atom stereocenters. The van der Waals surface area contributed by atoms with Gasteiger partial charge in [-0.1, -0.05) is 6.07 Å². The van der Waals surface area contributed by atoms with Crippen LogP contribution in [0.3, 0.4) is 0 Å². The van der Waals surface area contributed by atoms with Gasteiger partial charge in [-0.3, -0.25) is 4.79 Å². The minimum Gasteiger partial charge on any atom is -0.456 e. The largest absolute Gasteiger partial charge is 0.456 e. The Morgan fingerprint density at radius 1 is 1.12 bits per heavy atom. The number of cyclic esters (lactones) is 1. The molecule has 0 saturated carbocycles. The molecular weight excluding hydrogens is 410 g/mol. The summed E-state index contributed by atoms with van der Waals surface area (Å²) < 4.78 is 6.66. The van der Waals surface area contributed by atoms with Gasteiger partial charge in [-0.2, -0.15) is 4.68 Å². The molecule has 2 aromatic rings. The Morgan fingerprint density at radius 2 is 2.00 bits per heavy atom. The van der Waals surface area contributed by atoms with E-state index in [-0.39, 0.29) is 23.9 Å². The number of likely N-dealkylation sites (tertiary alicyclic amines) is 2. The topological polar surface area (TPSA) is 106 Å². The van der Waals surface area contributed by atoms with E-state index < -0.39 is 0 Å². The summed E-state index contributed by atoms with van der Waals surface area (Å²) in [6.07, 6.45) is 7.92. The summed E-state index contributed by atoms with van der Waals surface area (Å²) in [7, 11) is 0. The van der Waals surface area contributed by atoms with Crippen molar-refractivity contribution in [3.05, 3.63) is 41.5 Å². The summed E-state index contributed by atoms with van der Waals surface area (Å²) in [6.45, 7) is 5.49. The lowest BCUT2D eigenvalue weighted by molar-refractivity contribution is -0.137. The maximum Gasteiger partial charge on any atom is 0.336 e. The SMILES string of the molecule is CC1=C(N2CCC3(CCCN(CCc4ccc(-n5cnnn5)nc4)CC3)C2=O)COC1=O. The van der Waals surface area contributed by atoms with E-state index in [0.717, 1.165) is 63.0 Å². The van der Waals surface area contributed by atoms with Gasteiger partial charge in [0, 0.05) is 19.3 Å². The summed E-state index contributed by atoms with van der Waals surface area (Å²) in [5, 5.41) is 11.1. The van der Waals surface area contributed by atoms with Crippen molar-refractivity contribution < 1.29 is 14.3 Å². The van der Waals surface area contributed by atoms with E-state index in [2.05, 4.69) is 31.5 Å². The van der Waals surface area contributed by atoms with Gasteiger partial charge in [-0.25, -0.2) is 9.78 Å². The van der Waals surface area contributed by atoms with Crippen LogP contribution >= 0.6 is 0 Å². The third kappa shape index (κ3) is 3.79. The normalized spacial score (nSPS) is 24.5. The second-order valence-corrected chi connectivity index (χ2v) is 8.86. The zero-order valence-electron chi connectivity index (χ0n) is 18.2. The highest BCUT2D eigenvalue weighted by Crippen LogP contribution is 2.43. The Labute approximate surface area is 186 Å². The molecule has 3 aliphatic rings. The average molecular weight is 438 g/mol. The first-order valence-corrected chi connectivity index (χ1v) is 11.2. The molecule has 0 N–H and O–H groups in total. The van der Waals surface area contributed by atoms with Crippen molar-refractivity contribution in [1.29, 1.82) is 0 Å². The number of aromatic nitrogens is 5. The van der Waals surface area contributed by atoms with Gasteiger partial charge in [0.2, 0.25) is 5.91 Å². The molecule has 0 bridgehead atoms. The second kappa shape index (κ2) is 8.42. The van der Waals surface area contributed by atoms with Gasteiger partial charge < -0.3 is 14.5 Å². The predicted molar refractivity (Wildman–Crippen MR) is 113 cm³/mol. The molecule has 3 aliphatic heterocycles. The third-order valence-electron chi connectivity index (χ3n) is 7.06. The van der Waals surface area contributed by atoms with Crippen LogP contribution < -0.4 is 0 Å². The molecule has 2 fully saturated rings. The minimum absolute atomic E-state index is 0.175. The number of pyridine rings is 1. The lowest BCUT2D eigenvalue weighted by Gasteiger charge is -2.27. The first kappa shape index (κ1) is 20.7. The smallest absolute Gasteiger partial charge is 0.336 e. The molecule has 2 saturated heterocycles. The Kier molecular flexibility index (Phi) is 5.46. The number of rotatable bonds is 5. The molecule has 5 heterocycles. The minimum atomic E-state index is -0.304. The van der Waals surface area contributed by atoms with Crippen molar-refractivity contribution in [2.45, 2.75) is 39.0 Å². The van der Waals surface area contributed by atoms with E-state index >= 15 is 0 Å². The number of nitrogens with zero attached hydrogens (tertiary/aromatic N) is 7. The Balaban J connectivity index is 1.18. The van der Waals surface area contributed by atoms with Crippen molar-refractivity contribution in [3.63, 3.8) is 0 Å². The second-order valence-electron chi connectivity index (χ2n) is 8.86. The van der Waals surface area contributed by atoms with E-state index in [4.69, 9.17) is 4.74 Å². The van der Waals surface area contributed by atoms with Crippen molar-refractivity contribution in [2.24, 2.45) is 5.41 Å². The van der Waals surface area contributed by atoms with Crippen LogP contribution in [0.1, 0.15) is 38.2 Å². The summed E-state index contributed by atoms with van der Waals surface area (Å²) in [5.41, 5.74) is 2.20. The van der Waals surface area contributed by atoms with E-state index in [1.165, 1.54) is 11.0 Å². The van der Waals surface area contributed by atoms with Crippen LogP contribution in [0, 0.1) is 5.41 Å². The van der Waals surface area contributed by atoms with Crippen LogP contribution in [0.2, 0.25) is 0 Å². The highest BCUT2D eigenvalue weighted by molar-refractivity contribution is 5.94. The lowest BCUT2D eigenvalue weighted by Crippen LogP contribution is -2.36. The van der Waals surface area contributed by atoms with Gasteiger partial charge in [0.15, 0.2) is 5.82 Å². The summed E-state index contributed by atoms with van der Waals surface area (Å²) in [5.74, 6) is 0.565. The maximum absolute atomic E-state index is 13.4. The molecule has 168 valence electrons. The Hall–Kier alpha value is -3.14. The van der Waals surface area contributed by atoms with E-state index in [9.17, 15) is 9.59 Å². The number of esters is 1. The number of hydrogen-bond acceptors (Lipinski definition) is 8. The fraction of sp³-hybridized carbons (Fsp3) is 0.545. The molecular formula is C22H27N7O3. The maximum atomic E-state index is 13.4. The summed E-state index contributed by atoms with van der Waals surface area (Å²) >= 11 is 0. The van der Waals surface area contributed by atoms with Gasteiger partial charge in [0.05, 0.1) is 16.7 Å². The van der Waals surface area contributed by atoms with Crippen molar-refractivity contribution in [2.75, 3.05) is 32.8 Å². The fourth-order valence-electron chi connectivity index (χ4n) is 5.02. The first-order chi connectivity index (χ1) is 15.6. The number of carbonyl (C=O) groups excluding carboxylic acids is 2. The summed E-state index contributed by atoms with van der Waals surface area (Å²) in [6, 6.07) is 3.98. The Morgan fingerprint density at radius 3 is 2.72 bits per heavy atom. The summed E-state index contributed by atoms with van der Waals surface area (Å²) in [4.78, 5) is 33.8. The quantitative estimate of drug-likeness (QED) is 0.641. The standard InChI is InChI=1S/C22H27N7O3/c1-16-18(14-32-20(16)30)28-12-8-22(21(28)31)6-2-9-27(11-7-22)10-5-17-3-4-19(23-13-17)29-15-24-25-26-29/h3-4,13,15H,2,5-12,14H2,1H3. The first-order valence-electron chi connectivity index (χ1n) is 11.2. The monoisotopic (exact) mass is 437 g/mol. The van der Waals surface area contributed by atoms with Crippen LogP contribution in [-0.4, -0.2) is 79.7 Å². The van der Waals surface area contributed by atoms with Crippen LogP contribution in [-0.2, 0) is 20.7 Å². The van der Waals surface area contributed by atoms with Gasteiger partial charge in [-0.05, 0) is 74.2 Å². The van der Waals surface area contributed by atoms with Gasteiger partial charge in [-0.15, -0.1) is 5.10 Å². The van der Waals surface area contributed by atoms with Crippen molar-refractivity contribution in [3.8, 4) is 5.82 Å². The molecule has 0 aromatic carbocycles. The predicted octanol–water partition coefficient (Wildman–Crippen LogP) is 1.14. The van der Waals surface area contributed by atoms with E-state index in [1.54, 1.807) is 6.92 Å². The van der Waals surface area contributed by atoms with Gasteiger partial charge >= 0.3 is 5.97 Å². The highest BCUT2D eigenvalue weighted by atomic mass is 16.5. The molecule has 2 aromatic heterocycles. The number of ether oxygens (including phenoxy) is 1. The van der Waals surface area contributed by atoms with Crippen LogP contribution in [0.15, 0.2) is 35.9 Å². The van der Waals surface area contributed by atoms with Crippen LogP contribution in [0.5, 0.6) is 0 Å². The third-order valence-corrected chi connectivity index (χ3v) is 7.06. The van der Waals surface area contributed by atoms with Crippen molar-refractivity contribution >= 4 is 11.9 Å². The Bertz CT molecular complexity index is 1030. The number of amides is 1. The molecule has 10 nitrogen and oxygen atoms in total. The zero-order chi connectivity index (χ0) is 22.1. The van der Waals surface area contributed by atoms with Crippen LogP contribution in [0.4, 0.5) is 0 Å². The number of hydrogen-bond donors (Lipinski definition) is 0. The lowest BCUT2D eigenvalue weighted by atomic mass is 9.79. The fourth-order valence-corrected chi connectivity index (χ4v) is 5.02. The molecule has 10 heteroatoms. The number of carbonyl (C=O) groups is 2. The highest BCUT2D eigenvalue weighted by Gasteiger charge is 2.49. The molecule has 32 heavy (non-hydrogen) atoms. The zero-order valence-corrected chi connectivity index (χ0v) is 18.2. The van der Waals surface area contributed by atoms with Gasteiger partial charge in [0.25, 0.3) is 0 Å². The number of tetrazole rings is 1. The van der Waals surface area contributed by atoms with Crippen LogP contribution in [0.25, 0.3) is 5.82 Å². The van der Waals surface area contributed by atoms with E-state index in [1.807, 2.05) is 17.2 Å². The molecule has 1 spiro atoms. The molecule has 1 amide bonds.